The highest BCUT2D eigenvalue weighted by atomic mass is 35.5. The zero-order chi connectivity index (χ0) is 14.9. The van der Waals surface area contributed by atoms with Gasteiger partial charge in [0.15, 0.2) is 0 Å². The van der Waals surface area contributed by atoms with Crippen LogP contribution in [0.1, 0.15) is 11.1 Å². The van der Waals surface area contributed by atoms with Crippen LogP contribution in [0.2, 0.25) is 0 Å². The molecule has 0 heterocycles. The van der Waals surface area contributed by atoms with E-state index in [0.717, 1.165) is 11.1 Å². The van der Waals surface area contributed by atoms with Gasteiger partial charge in [-0.2, -0.15) is 0 Å². The second-order valence-corrected chi connectivity index (χ2v) is 4.70. The van der Waals surface area contributed by atoms with Crippen molar-refractivity contribution in [1.82, 2.24) is 0 Å². The Morgan fingerprint density at radius 3 is 1.95 bits per heavy atom. The first-order chi connectivity index (χ1) is 10.3. The van der Waals surface area contributed by atoms with Crippen LogP contribution >= 0.6 is 12.4 Å². The van der Waals surface area contributed by atoms with Crippen LogP contribution in [0.3, 0.4) is 0 Å². The van der Waals surface area contributed by atoms with Crippen LogP contribution in [0.5, 0.6) is 0 Å². The molecule has 2 N–H and O–H groups in total. The quantitative estimate of drug-likeness (QED) is 0.796. The molecule has 1 atom stereocenters. The van der Waals surface area contributed by atoms with Gasteiger partial charge in [0.05, 0.1) is 13.2 Å². The first kappa shape index (κ1) is 18.2. The van der Waals surface area contributed by atoms with E-state index in [2.05, 4.69) is 0 Å². The summed E-state index contributed by atoms with van der Waals surface area (Å²) >= 11 is 0. The number of hydrogen-bond donors (Lipinski definition) is 1. The molecule has 0 fully saturated rings. The van der Waals surface area contributed by atoms with E-state index in [1.165, 1.54) is 0 Å². The number of rotatable bonds is 7. The largest absolute Gasteiger partial charge is 0.460 e. The first-order valence-corrected chi connectivity index (χ1v) is 6.83. The monoisotopic (exact) mass is 321 g/mol. The topological polar surface area (TPSA) is 61.5 Å². The second-order valence-electron chi connectivity index (χ2n) is 4.70. The van der Waals surface area contributed by atoms with Gasteiger partial charge >= 0.3 is 5.97 Å². The fourth-order valence-electron chi connectivity index (χ4n) is 1.78. The van der Waals surface area contributed by atoms with Gasteiger partial charge in [-0.05, 0) is 11.1 Å². The highest BCUT2D eigenvalue weighted by molar-refractivity contribution is 5.85. The molecule has 0 radical (unpaired) electrons. The number of benzene rings is 2. The normalized spacial score (nSPS) is 11.3. The van der Waals surface area contributed by atoms with Crippen LogP contribution in [-0.2, 0) is 27.5 Å². The third-order valence-corrected chi connectivity index (χ3v) is 2.94. The Bertz CT molecular complexity index is 548. The van der Waals surface area contributed by atoms with Crippen molar-refractivity contribution in [2.75, 3.05) is 6.61 Å². The van der Waals surface area contributed by atoms with Gasteiger partial charge in [0.1, 0.15) is 12.6 Å². The van der Waals surface area contributed by atoms with Crippen molar-refractivity contribution in [3.8, 4) is 0 Å². The molecular weight excluding hydrogens is 302 g/mol. The molecule has 22 heavy (non-hydrogen) atoms. The highest BCUT2D eigenvalue weighted by Gasteiger charge is 2.15. The van der Waals surface area contributed by atoms with Gasteiger partial charge in [0.2, 0.25) is 0 Å². The molecule has 0 saturated heterocycles. The molecule has 0 unspecified atom stereocenters. The molecule has 2 aromatic rings. The van der Waals surface area contributed by atoms with Crippen molar-refractivity contribution in [2.45, 2.75) is 19.3 Å². The average molecular weight is 322 g/mol. The van der Waals surface area contributed by atoms with E-state index >= 15 is 0 Å². The Morgan fingerprint density at radius 2 is 1.41 bits per heavy atom. The van der Waals surface area contributed by atoms with Gasteiger partial charge in [-0.1, -0.05) is 60.7 Å². The lowest BCUT2D eigenvalue weighted by molar-refractivity contribution is -0.148. The molecular formula is C17H20ClNO3. The molecule has 0 aliphatic rings. The summed E-state index contributed by atoms with van der Waals surface area (Å²) in [4.78, 5) is 11.7. The van der Waals surface area contributed by atoms with Gasteiger partial charge in [0.25, 0.3) is 0 Å². The summed E-state index contributed by atoms with van der Waals surface area (Å²) in [6.45, 7) is 0.801. The third-order valence-electron chi connectivity index (χ3n) is 2.94. The lowest BCUT2D eigenvalue weighted by atomic mass is 10.2. The molecule has 5 heteroatoms. The number of hydrogen-bond acceptors (Lipinski definition) is 4. The Hall–Kier alpha value is -1.88. The summed E-state index contributed by atoms with van der Waals surface area (Å²) in [5.74, 6) is -0.452. The van der Waals surface area contributed by atoms with Crippen molar-refractivity contribution in [2.24, 2.45) is 5.73 Å². The van der Waals surface area contributed by atoms with E-state index in [0.29, 0.717) is 6.61 Å². The Balaban J connectivity index is 0.00000242. The van der Waals surface area contributed by atoms with Crippen LogP contribution in [0.25, 0.3) is 0 Å². The van der Waals surface area contributed by atoms with E-state index in [1.54, 1.807) is 0 Å². The van der Waals surface area contributed by atoms with Crippen molar-refractivity contribution in [1.29, 1.82) is 0 Å². The number of carbonyl (C=O) groups is 1. The molecule has 0 spiro atoms. The van der Waals surface area contributed by atoms with Gasteiger partial charge < -0.3 is 15.2 Å². The Morgan fingerprint density at radius 1 is 0.909 bits per heavy atom. The summed E-state index contributed by atoms with van der Waals surface area (Å²) in [7, 11) is 0. The third kappa shape index (κ3) is 6.26. The molecule has 2 aromatic carbocycles. The van der Waals surface area contributed by atoms with E-state index < -0.39 is 12.0 Å². The Kier molecular flexibility index (Phi) is 8.22. The van der Waals surface area contributed by atoms with Crippen LogP contribution in [0.15, 0.2) is 60.7 Å². The lowest BCUT2D eigenvalue weighted by Gasteiger charge is -2.12. The molecule has 2 rings (SSSR count). The minimum atomic E-state index is -0.766. The van der Waals surface area contributed by atoms with Crippen molar-refractivity contribution in [3.05, 3.63) is 71.8 Å². The number of esters is 1. The second kappa shape index (κ2) is 9.95. The van der Waals surface area contributed by atoms with Crippen LogP contribution in [-0.4, -0.2) is 18.6 Å². The predicted molar refractivity (Wildman–Crippen MR) is 87.6 cm³/mol. The number of ether oxygens (including phenoxy) is 2. The molecule has 0 saturated carbocycles. The SMILES string of the molecule is Cl.N[C@@H](COCc1ccccc1)C(=O)OCc1ccccc1. The average Bonchev–Trinajstić information content (AvgIpc) is 2.54. The zero-order valence-corrected chi connectivity index (χ0v) is 13.0. The number of nitrogens with two attached hydrogens (primary N) is 1. The van der Waals surface area contributed by atoms with Crippen LogP contribution in [0, 0.1) is 0 Å². The summed E-state index contributed by atoms with van der Waals surface area (Å²) < 4.78 is 10.6. The van der Waals surface area contributed by atoms with Crippen LogP contribution < -0.4 is 5.73 Å². The minimum absolute atomic E-state index is 0. The van der Waals surface area contributed by atoms with Gasteiger partial charge in [-0.15, -0.1) is 12.4 Å². The summed E-state index contributed by atoms with van der Waals surface area (Å²) in [6, 6.07) is 18.5. The molecule has 0 amide bonds. The van der Waals surface area contributed by atoms with Crippen molar-refractivity contribution < 1.29 is 14.3 Å². The summed E-state index contributed by atoms with van der Waals surface area (Å²) in [5.41, 5.74) is 7.72. The minimum Gasteiger partial charge on any atom is -0.460 e. The smallest absolute Gasteiger partial charge is 0.325 e. The number of halogens is 1. The van der Waals surface area contributed by atoms with Gasteiger partial charge in [-0.3, -0.25) is 4.79 Å². The first-order valence-electron chi connectivity index (χ1n) is 6.83. The molecule has 4 nitrogen and oxygen atoms in total. The van der Waals surface area contributed by atoms with E-state index in [-0.39, 0.29) is 25.6 Å². The van der Waals surface area contributed by atoms with Crippen molar-refractivity contribution in [3.63, 3.8) is 0 Å². The number of carbonyl (C=O) groups excluding carboxylic acids is 1. The summed E-state index contributed by atoms with van der Waals surface area (Å²) in [6.07, 6.45) is 0. The van der Waals surface area contributed by atoms with Crippen LogP contribution in [0.4, 0.5) is 0 Å². The van der Waals surface area contributed by atoms with Gasteiger partial charge in [0, 0.05) is 0 Å². The maximum Gasteiger partial charge on any atom is 0.325 e. The molecule has 0 aromatic heterocycles. The van der Waals surface area contributed by atoms with E-state index in [1.807, 2.05) is 60.7 Å². The van der Waals surface area contributed by atoms with Gasteiger partial charge in [-0.25, -0.2) is 0 Å². The molecule has 0 bridgehead atoms. The molecule has 0 aliphatic heterocycles. The maximum atomic E-state index is 11.7. The highest BCUT2D eigenvalue weighted by Crippen LogP contribution is 2.03. The Labute approximate surface area is 136 Å². The predicted octanol–water partition coefficient (Wildman–Crippen LogP) is 2.70. The standard InChI is InChI=1S/C17H19NO3.ClH/c18-16(13-20-11-14-7-3-1-4-8-14)17(19)21-12-15-9-5-2-6-10-15;/h1-10,16H,11-13,18H2;1H/t16-;/m0./s1. The van der Waals surface area contributed by atoms with Crippen molar-refractivity contribution >= 4 is 18.4 Å². The summed E-state index contributed by atoms with van der Waals surface area (Å²) in [5, 5.41) is 0. The fraction of sp³-hybridized carbons (Fsp3) is 0.235. The van der Waals surface area contributed by atoms with E-state index in [4.69, 9.17) is 15.2 Å². The molecule has 118 valence electrons. The fourth-order valence-corrected chi connectivity index (χ4v) is 1.78. The molecule has 0 aliphatic carbocycles. The lowest BCUT2D eigenvalue weighted by Crippen LogP contribution is -2.36. The zero-order valence-electron chi connectivity index (χ0n) is 12.2. The van der Waals surface area contributed by atoms with E-state index in [9.17, 15) is 4.79 Å². The maximum absolute atomic E-state index is 11.7.